The van der Waals surface area contributed by atoms with Crippen LogP contribution in [-0.4, -0.2) is 73.6 Å². The molecule has 1 aromatic carbocycles. The van der Waals surface area contributed by atoms with Crippen LogP contribution in [0.3, 0.4) is 0 Å². The zero-order chi connectivity index (χ0) is 18.7. The highest BCUT2D eigenvalue weighted by Gasteiger charge is 2.16. The topological polar surface area (TPSA) is 58.3 Å². The van der Waals surface area contributed by atoms with Crippen LogP contribution >= 0.6 is 0 Å². The highest BCUT2D eigenvalue weighted by Crippen LogP contribution is 2.08. The summed E-state index contributed by atoms with van der Waals surface area (Å²) >= 11 is 0. The molecule has 1 aromatic heterocycles. The quantitative estimate of drug-likeness (QED) is 0.649. The Morgan fingerprint density at radius 3 is 2.67 bits per heavy atom. The lowest BCUT2D eigenvalue weighted by Gasteiger charge is -2.31. The van der Waals surface area contributed by atoms with Crippen molar-refractivity contribution in [3.8, 4) is 0 Å². The molecule has 0 saturated carbocycles. The lowest BCUT2D eigenvalue weighted by Crippen LogP contribution is -2.43. The maximum atomic E-state index is 10.4. The number of rotatable bonds is 11. The van der Waals surface area contributed by atoms with Crippen LogP contribution in [0.4, 0.5) is 0 Å². The molecule has 0 amide bonds. The summed E-state index contributed by atoms with van der Waals surface area (Å²) in [5.41, 5.74) is 1.25. The molecule has 27 heavy (non-hydrogen) atoms. The molecule has 2 aromatic rings. The normalized spacial score (nSPS) is 16.7. The average Bonchev–Trinajstić information content (AvgIpc) is 3.21. The van der Waals surface area contributed by atoms with E-state index < -0.39 is 6.10 Å². The second-order valence-corrected chi connectivity index (χ2v) is 6.92. The molecule has 1 saturated heterocycles. The van der Waals surface area contributed by atoms with Crippen LogP contribution < -0.4 is 0 Å². The molecular formula is C21H30N2O4. The zero-order valence-corrected chi connectivity index (χ0v) is 15.8. The van der Waals surface area contributed by atoms with Crippen LogP contribution in [0.1, 0.15) is 11.3 Å². The van der Waals surface area contributed by atoms with Gasteiger partial charge >= 0.3 is 0 Å². The lowest BCUT2D eigenvalue weighted by molar-refractivity contribution is -0.00152. The molecule has 0 unspecified atom stereocenters. The van der Waals surface area contributed by atoms with Crippen molar-refractivity contribution in [1.82, 2.24) is 9.80 Å². The van der Waals surface area contributed by atoms with Crippen molar-refractivity contribution in [3.05, 3.63) is 60.1 Å². The van der Waals surface area contributed by atoms with E-state index in [1.54, 1.807) is 6.26 Å². The summed E-state index contributed by atoms with van der Waals surface area (Å²) in [6.45, 7) is 7.55. The Kier molecular flexibility index (Phi) is 8.32. The summed E-state index contributed by atoms with van der Waals surface area (Å²) in [7, 11) is 0. The van der Waals surface area contributed by atoms with Crippen LogP contribution in [0, 0.1) is 0 Å². The summed E-state index contributed by atoms with van der Waals surface area (Å²) in [4.78, 5) is 4.72. The van der Waals surface area contributed by atoms with E-state index in [4.69, 9.17) is 13.9 Å². The van der Waals surface area contributed by atoms with E-state index in [0.29, 0.717) is 19.8 Å². The molecule has 1 fully saturated rings. The Morgan fingerprint density at radius 1 is 1.11 bits per heavy atom. The number of aliphatic hydroxyl groups excluding tert-OH is 1. The van der Waals surface area contributed by atoms with Crippen LogP contribution in [0.25, 0.3) is 0 Å². The SMILES string of the molecule is O[C@@H](COCc1ccco1)CN(CCN1CCOCC1)Cc1ccccc1. The smallest absolute Gasteiger partial charge is 0.129 e. The third-order valence-corrected chi connectivity index (χ3v) is 4.69. The minimum absolute atomic E-state index is 0.295. The fraction of sp³-hybridized carbons (Fsp3) is 0.524. The average molecular weight is 374 g/mol. The molecule has 1 aliphatic rings. The standard InChI is InChI=1S/C21H30N2O4/c24-20(17-26-18-21-7-4-12-27-21)16-23(15-19-5-2-1-3-6-19)9-8-22-10-13-25-14-11-22/h1-7,12,20,24H,8-11,13-18H2/t20-/m1/s1. The van der Waals surface area contributed by atoms with Gasteiger partial charge in [0.05, 0.1) is 32.2 Å². The first kappa shape index (κ1) is 20.0. The second-order valence-electron chi connectivity index (χ2n) is 6.92. The summed E-state index contributed by atoms with van der Waals surface area (Å²) in [5, 5.41) is 10.4. The molecule has 6 nitrogen and oxygen atoms in total. The van der Waals surface area contributed by atoms with Crippen LogP contribution in [0.15, 0.2) is 53.1 Å². The van der Waals surface area contributed by atoms with E-state index in [-0.39, 0.29) is 0 Å². The molecular weight excluding hydrogens is 344 g/mol. The van der Waals surface area contributed by atoms with Crippen molar-refractivity contribution in [3.63, 3.8) is 0 Å². The number of hydrogen-bond acceptors (Lipinski definition) is 6. The predicted octanol–water partition coefficient (Wildman–Crippen LogP) is 1.99. The number of furan rings is 1. The molecule has 0 bridgehead atoms. The van der Waals surface area contributed by atoms with Gasteiger partial charge in [-0.2, -0.15) is 0 Å². The predicted molar refractivity (Wildman–Crippen MR) is 103 cm³/mol. The number of aliphatic hydroxyl groups is 1. The van der Waals surface area contributed by atoms with Crippen molar-refractivity contribution < 1.29 is 19.0 Å². The molecule has 0 aliphatic carbocycles. The van der Waals surface area contributed by atoms with Gasteiger partial charge in [0.25, 0.3) is 0 Å². The Balaban J connectivity index is 1.46. The van der Waals surface area contributed by atoms with Gasteiger partial charge < -0.3 is 19.0 Å². The fourth-order valence-corrected chi connectivity index (χ4v) is 3.23. The molecule has 0 radical (unpaired) electrons. The van der Waals surface area contributed by atoms with E-state index in [0.717, 1.165) is 51.7 Å². The number of nitrogens with zero attached hydrogens (tertiary/aromatic N) is 2. The molecule has 1 aliphatic heterocycles. The van der Waals surface area contributed by atoms with Crippen LogP contribution in [0.2, 0.25) is 0 Å². The number of hydrogen-bond donors (Lipinski definition) is 1. The van der Waals surface area contributed by atoms with Gasteiger partial charge in [-0.3, -0.25) is 9.80 Å². The lowest BCUT2D eigenvalue weighted by atomic mass is 10.2. The number of benzene rings is 1. The van der Waals surface area contributed by atoms with Gasteiger partial charge in [-0.05, 0) is 17.7 Å². The van der Waals surface area contributed by atoms with Gasteiger partial charge in [-0.15, -0.1) is 0 Å². The number of morpholine rings is 1. The molecule has 148 valence electrons. The molecule has 0 spiro atoms. The summed E-state index contributed by atoms with van der Waals surface area (Å²) in [6.07, 6.45) is 1.09. The Labute approximate surface area is 161 Å². The number of ether oxygens (including phenoxy) is 2. The second kappa shape index (κ2) is 11.2. The molecule has 2 heterocycles. The highest BCUT2D eigenvalue weighted by molar-refractivity contribution is 5.14. The van der Waals surface area contributed by atoms with Crippen LogP contribution in [-0.2, 0) is 22.6 Å². The Morgan fingerprint density at radius 2 is 1.93 bits per heavy atom. The molecule has 1 N–H and O–H groups in total. The maximum absolute atomic E-state index is 10.4. The first-order chi connectivity index (χ1) is 13.3. The van der Waals surface area contributed by atoms with Gasteiger partial charge in [-0.1, -0.05) is 30.3 Å². The van der Waals surface area contributed by atoms with Gasteiger partial charge in [0, 0.05) is 39.3 Å². The van der Waals surface area contributed by atoms with Gasteiger partial charge in [0.1, 0.15) is 12.4 Å². The third kappa shape index (κ3) is 7.44. The Hall–Kier alpha value is -1.70. The summed E-state index contributed by atoms with van der Waals surface area (Å²) in [6, 6.07) is 14.1. The van der Waals surface area contributed by atoms with Gasteiger partial charge in [0.15, 0.2) is 0 Å². The molecule has 1 atom stereocenters. The maximum Gasteiger partial charge on any atom is 0.129 e. The Bertz CT molecular complexity index is 614. The van der Waals surface area contributed by atoms with E-state index in [2.05, 4.69) is 34.1 Å². The van der Waals surface area contributed by atoms with Crippen LogP contribution in [0.5, 0.6) is 0 Å². The first-order valence-electron chi connectivity index (χ1n) is 9.64. The third-order valence-electron chi connectivity index (χ3n) is 4.69. The first-order valence-corrected chi connectivity index (χ1v) is 9.64. The largest absolute Gasteiger partial charge is 0.467 e. The van der Waals surface area contributed by atoms with E-state index in [1.807, 2.05) is 18.2 Å². The van der Waals surface area contributed by atoms with Crippen molar-refractivity contribution in [1.29, 1.82) is 0 Å². The van der Waals surface area contributed by atoms with Crippen molar-refractivity contribution in [2.24, 2.45) is 0 Å². The minimum atomic E-state index is -0.534. The summed E-state index contributed by atoms with van der Waals surface area (Å²) in [5.74, 6) is 0.774. The van der Waals surface area contributed by atoms with Crippen molar-refractivity contribution >= 4 is 0 Å². The molecule has 3 rings (SSSR count). The fourth-order valence-electron chi connectivity index (χ4n) is 3.23. The van der Waals surface area contributed by atoms with Crippen molar-refractivity contribution in [2.75, 3.05) is 52.5 Å². The zero-order valence-electron chi connectivity index (χ0n) is 15.8. The minimum Gasteiger partial charge on any atom is -0.467 e. The van der Waals surface area contributed by atoms with E-state index in [9.17, 15) is 5.11 Å². The van der Waals surface area contributed by atoms with Crippen molar-refractivity contribution in [2.45, 2.75) is 19.3 Å². The molecule has 6 heteroatoms. The van der Waals surface area contributed by atoms with E-state index >= 15 is 0 Å². The van der Waals surface area contributed by atoms with Gasteiger partial charge in [0.2, 0.25) is 0 Å². The van der Waals surface area contributed by atoms with E-state index in [1.165, 1.54) is 5.56 Å². The summed E-state index contributed by atoms with van der Waals surface area (Å²) < 4.78 is 16.3. The highest BCUT2D eigenvalue weighted by atomic mass is 16.5. The van der Waals surface area contributed by atoms with Gasteiger partial charge in [-0.25, -0.2) is 0 Å². The monoisotopic (exact) mass is 374 g/mol.